The summed E-state index contributed by atoms with van der Waals surface area (Å²) in [6.07, 6.45) is 4.53. The molecule has 4 rings (SSSR count). The number of hydrogen-bond donors (Lipinski definition) is 1. The van der Waals surface area contributed by atoms with Crippen LogP contribution in [-0.2, 0) is 28.6 Å². The Morgan fingerprint density at radius 1 is 1.05 bits per heavy atom. The molecule has 1 unspecified atom stereocenters. The first kappa shape index (κ1) is 28.6. The molecule has 195 valence electrons. The van der Waals surface area contributed by atoms with Crippen LogP contribution in [0.15, 0.2) is 99.7 Å². The van der Waals surface area contributed by atoms with Crippen molar-refractivity contribution in [2.45, 2.75) is 37.5 Å². The number of anilines is 1. The molecule has 3 aromatic rings. The summed E-state index contributed by atoms with van der Waals surface area (Å²) in [5.74, 6) is 1.77. The van der Waals surface area contributed by atoms with E-state index in [1.807, 2.05) is 42.1 Å². The summed E-state index contributed by atoms with van der Waals surface area (Å²) in [6, 6.07) is 24.2. The predicted octanol–water partition coefficient (Wildman–Crippen LogP) is 7.02. The summed E-state index contributed by atoms with van der Waals surface area (Å²) in [7, 11) is 1.71. The second kappa shape index (κ2) is 13.0. The van der Waals surface area contributed by atoms with Crippen molar-refractivity contribution in [1.82, 2.24) is 0 Å². The summed E-state index contributed by atoms with van der Waals surface area (Å²) in [5.41, 5.74) is 5.20. The molecule has 0 spiro atoms. The molecule has 1 heterocycles. The average molecular weight is 559 g/mol. The zero-order valence-electron chi connectivity index (χ0n) is 21.6. The summed E-state index contributed by atoms with van der Waals surface area (Å²) < 4.78 is 5.60. The molecule has 1 N–H and O–H groups in total. The maximum Gasteiger partial charge on any atom is 0.238 e. The van der Waals surface area contributed by atoms with Crippen LogP contribution in [0.5, 0.6) is 5.75 Å². The molecular formula is C30H33CoN3O2S. The van der Waals surface area contributed by atoms with Gasteiger partial charge in [-0.25, -0.2) is 0 Å². The molecule has 7 heteroatoms. The van der Waals surface area contributed by atoms with Crippen molar-refractivity contribution in [3.63, 3.8) is 0 Å². The van der Waals surface area contributed by atoms with E-state index < -0.39 is 0 Å². The van der Waals surface area contributed by atoms with Crippen molar-refractivity contribution in [2.75, 3.05) is 24.3 Å². The van der Waals surface area contributed by atoms with Gasteiger partial charge in [-0.15, -0.1) is 16.9 Å². The summed E-state index contributed by atoms with van der Waals surface area (Å²) in [5, 5.41) is 18.5. The number of likely N-dealkylation sites (N-methyl/N-ethyl adjacent to an activating group) is 1. The summed E-state index contributed by atoms with van der Waals surface area (Å²) in [4.78, 5) is 3.64. The van der Waals surface area contributed by atoms with Gasteiger partial charge in [0, 0.05) is 50.6 Å². The first-order valence-corrected chi connectivity index (χ1v) is 13.2. The van der Waals surface area contributed by atoms with E-state index in [1.54, 1.807) is 25.5 Å². The van der Waals surface area contributed by atoms with Crippen molar-refractivity contribution in [3.8, 4) is 5.75 Å². The van der Waals surface area contributed by atoms with E-state index in [4.69, 9.17) is 4.74 Å². The zero-order valence-corrected chi connectivity index (χ0v) is 23.5. The van der Waals surface area contributed by atoms with Gasteiger partial charge in [-0.2, -0.15) is 5.10 Å². The van der Waals surface area contributed by atoms with Crippen LogP contribution >= 0.6 is 11.8 Å². The minimum atomic E-state index is -0.304. The number of aliphatic hydroxyl groups excluding tert-OH is 1. The van der Waals surface area contributed by atoms with Gasteiger partial charge < -0.3 is 14.7 Å². The third kappa shape index (κ3) is 6.12. The van der Waals surface area contributed by atoms with Crippen LogP contribution in [0.25, 0.3) is 0 Å². The van der Waals surface area contributed by atoms with Crippen LogP contribution in [0.3, 0.4) is 0 Å². The van der Waals surface area contributed by atoms with Crippen molar-refractivity contribution < 1.29 is 26.6 Å². The van der Waals surface area contributed by atoms with Crippen LogP contribution in [-0.4, -0.2) is 36.6 Å². The maximum absolute atomic E-state index is 10.3. The molecule has 1 radical (unpaired) electrons. The van der Waals surface area contributed by atoms with Crippen LogP contribution in [0.1, 0.15) is 37.5 Å². The first-order valence-electron chi connectivity index (χ1n) is 12.2. The van der Waals surface area contributed by atoms with Gasteiger partial charge in [-0.3, -0.25) is 0 Å². The van der Waals surface area contributed by atoms with E-state index in [0.717, 1.165) is 30.2 Å². The minimum Gasteiger partial charge on any atom is -0.497 e. The van der Waals surface area contributed by atoms with Crippen LogP contribution < -0.4 is 9.64 Å². The van der Waals surface area contributed by atoms with E-state index in [2.05, 4.69) is 72.3 Å². The van der Waals surface area contributed by atoms with Gasteiger partial charge in [-0.1, -0.05) is 43.3 Å². The second-order valence-corrected chi connectivity index (χ2v) is 10.1. The molecule has 1 aliphatic rings. The average Bonchev–Trinajstić information content (AvgIpc) is 3.14. The van der Waals surface area contributed by atoms with Gasteiger partial charge in [0.1, 0.15) is 5.75 Å². The first-order chi connectivity index (χ1) is 17.5. The number of methoxy groups -OCH3 is 1. The van der Waals surface area contributed by atoms with E-state index in [9.17, 15) is 5.11 Å². The molecule has 1 aliphatic heterocycles. The molecule has 1 atom stereocenters. The molecular weight excluding hydrogens is 525 g/mol. The Morgan fingerprint density at radius 2 is 1.78 bits per heavy atom. The largest absolute Gasteiger partial charge is 0.497 e. The maximum atomic E-state index is 10.3. The number of nitrogens with zero attached hydrogens (tertiary/aromatic N) is 3. The Bertz CT molecular complexity index is 1290. The Morgan fingerprint density at radius 3 is 2.49 bits per heavy atom. The zero-order chi connectivity index (χ0) is 25.5. The second-order valence-electron chi connectivity index (χ2n) is 8.78. The SMILES string of the molecule is CCSc1ccccc1CC1(C)/C(=C/C=N/N=C(\O)c2ccccc2)N(CC)c2ccc(OC)cc21.[Co]. The topological polar surface area (TPSA) is 57.4 Å². The molecule has 0 bridgehead atoms. The van der Waals surface area contributed by atoms with Crippen LogP contribution in [0.2, 0.25) is 0 Å². The molecule has 3 aromatic carbocycles. The van der Waals surface area contributed by atoms with E-state index in [-0.39, 0.29) is 28.1 Å². The van der Waals surface area contributed by atoms with Gasteiger partial charge in [0.25, 0.3) is 0 Å². The molecule has 37 heavy (non-hydrogen) atoms. The number of benzene rings is 3. The van der Waals surface area contributed by atoms with Crippen molar-refractivity contribution in [2.24, 2.45) is 10.2 Å². The van der Waals surface area contributed by atoms with E-state index >= 15 is 0 Å². The number of thioether (sulfide) groups is 1. The molecule has 5 nitrogen and oxygen atoms in total. The number of fused-ring (bicyclic) bond motifs is 1. The summed E-state index contributed by atoms with van der Waals surface area (Å²) >= 11 is 1.87. The van der Waals surface area contributed by atoms with Crippen molar-refractivity contribution >= 4 is 29.6 Å². The molecule has 0 saturated heterocycles. The number of allylic oxidation sites excluding steroid dienone is 2. The quantitative estimate of drug-likeness (QED) is 0.133. The van der Waals surface area contributed by atoms with Crippen LogP contribution in [0, 0.1) is 0 Å². The van der Waals surface area contributed by atoms with Crippen molar-refractivity contribution in [3.05, 3.63) is 101 Å². The van der Waals surface area contributed by atoms with Gasteiger partial charge in [0.15, 0.2) is 0 Å². The molecule has 0 fully saturated rings. The monoisotopic (exact) mass is 558 g/mol. The molecule has 0 amide bonds. The Balaban J connectivity index is 0.00000380. The number of aliphatic hydroxyl groups is 1. The Kier molecular flexibility index (Phi) is 10.0. The molecule has 0 aliphatic carbocycles. The number of rotatable bonds is 9. The fourth-order valence-electron chi connectivity index (χ4n) is 4.85. The van der Waals surface area contributed by atoms with Gasteiger partial charge in [-0.05, 0) is 79.6 Å². The van der Waals surface area contributed by atoms with Gasteiger partial charge >= 0.3 is 0 Å². The molecule has 0 aromatic heterocycles. The van der Waals surface area contributed by atoms with Gasteiger partial charge in [0.2, 0.25) is 5.90 Å². The molecule has 0 saturated carbocycles. The smallest absolute Gasteiger partial charge is 0.238 e. The number of ether oxygens (including phenoxy) is 1. The summed E-state index contributed by atoms with van der Waals surface area (Å²) in [6.45, 7) is 7.45. The normalized spacial score (nSPS) is 18.2. The third-order valence-corrected chi connectivity index (χ3v) is 7.56. The third-order valence-electron chi connectivity index (χ3n) is 6.56. The van der Waals surface area contributed by atoms with Crippen LogP contribution in [0.4, 0.5) is 5.69 Å². The van der Waals surface area contributed by atoms with E-state index in [0.29, 0.717) is 5.56 Å². The van der Waals surface area contributed by atoms with Gasteiger partial charge in [0.05, 0.1) is 13.3 Å². The van der Waals surface area contributed by atoms with E-state index in [1.165, 1.54) is 21.7 Å². The number of hydrogen-bond acceptors (Lipinski definition) is 5. The Labute approximate surface area is 234 Å². The predicted molar refractivity (Wildman–Crippen MR) is 152 cm³/mol. The minimum absolute atomic E-state index is 0. The van der Waals surface area contributed by atoms with Crippen molar-refractivity contribution in [1.29, 1.82) is 0 Å². The Hall–Kier alpha value is -3.00. The fourth-order valence-corrected chi connectivity index (χ4v) is 5.66. The standard InChI is InChI=1S/C30H33N3O2S.Co/c1-5-33-26-17-16-24(35-4)20-25(26)30(3,21-23-14-10-11-15-27(23)36-6-2)28(33)18-19-31-32-29(34)22-12-8-7-9-13-22;/h7-20H,5-6,21H2,1-4H3,(H,32,34);/b28-18-,31-19+;. The fraction of sp³-hybridized carbons (Fsp3) is 0.267.